The normalized spacial score (nSPS) is 13.9. The number of thiophene rings is 1. The average molecular weight is 321 g/mol. The zero-order valence-electron chi connectivity index (χ0n) is 11.7. The van der Waals surface area contributed by atoms with Crippen molar-refractivity contribution in [3.05, 3.63) is 22.5 Å². The van der Waals surface area contributed by atoms with Crippen molar-refractivity contribution >= 4 is 48.8 Å². The van der Waals surface area contributed by atoms with Crippen LogP contribution in [0.3, 0.4) is 0 Å². The molecule has 1 aromatic carbocycles. The number of aromatic nitrogens is 1. The first-order valence-electron chi connectivity index (χ1n) is 6.55. The van der Waals surface area contributed by atoms with E-state index in [0.29, 0.717) is 6.42 Å². The number of fused-ring (bicyclic) bond motifs is 3. The number of hydrogen-bond donors (Lipinski definition) is 2. The second-order valence-electron chi connectivity index (χ2n) is 4.66. The Bertz CT molecular complexity index is 822. The fourth-order valence-corrected chi connectivity index (χ4v) is 4.09. The van der Waals surface area contributed by atoms with Crippen LogP contribution in [-0.2, 0) is 0 Å². The first kappa shape index (κ1) is 14.1. The lowest BCUT2D eigenvalue weighted by atomic mass is 10.2. The Morgan fingerprint density at radius 3 is 3.10 bits per heavy atom. The van der Waals surface area contributed by atoms with Crippen LogP contribution in [-0.4, -0.2) is 22.1 Å². The van der Waals surface area contributed by atoms with Gasteiger partial charge in [0.1, 0.15) is 5.75 Å². The molecule has 1 atom stereocenters. The molecule has 0 radical (unpaired) electrons. The molecule has 7 heteroatoms. The largest absolute Gasteiger partial charge is 0.482 e. The van der Waals surface area contributed by atoms with Crippen molar-refractivity contribution in [2.45, 2.75) is 26.4 Å². The van der Waals surface area contributed by atoms with Crippen LogP contribution < -0.4 is 10.5 Å². The lowest BCUT2D eigenvalue weighted by Gasteiger charge is -2.16. The molecule has 0 spiro atoms. The molecule has 0 saturated heterocycles. The molecule has 110 valence electrons. The molecule has 0 amide bonds. The summed E-state index contributed by atoms with van der Waals surface area (Å²) in [6, 6.07) is 4.00. The Morgan fingerprint density at radius 1 is 1.57 bits per heavy atom. The van der Waals surface area contributed by atoms with Crippen LogP contribution in [0.1, 0.15) is 18.4 Å². The Balaban J connectivity index is 2.14. The van der Waals surface area contributed by atoms with E-state index in [-0.39, 0.29) is 5.84 Å². The Kier molecular flexibility index (Phi) is 3.69. The van der Waals surface area contributed by atoms with Crippen molar-refractivity contribution < 1.29 is 9.94 Å². The van der Waals surface area contributed by atoms with Crippen LogP contribution in [0.25, 0.3) is 20.3 Å². The lowest BCUT2D eigenvalue weighted by molar-refractivity contribution is 0.249. The number of hydrogen-bond acceptors (Lipinski definition) is 6. The van der Waals surface area contributed by atoms with Gasteiger partial charge in [0.15, 0.2) is 11.9 Å². The number of ether oxygens (including phenoxy) is 1. The highest BCUT2D eigenvalue weighted by Crippen LogP contribution is 2.39. The molecule has 1 unspecified atom stereocenters. The molecule has 0 aliphatic carbocycles. The van der Waals surface area contributed by atoms with Gasteiger partial charge in [-0.3, -0.25) is 0 Å². The van der Waals surface area contributed by atoms with Crippen molar-refractivity contribution in [2.24, 2.45) is 10.9 Å². The van der Waals surface area contributed by atoms with E-state index in [1.54, 1.807) is 22.7 Å². The number of oxime groups is 1. The zero-order chi connectivity index (χ0) is 15.0. The zero-order valence-corrected chi connectivity index (χ0v) is 13.3. The highest BCUT2D eigenvalue weighted by atomic mass is 32.1. The number of amidine groups is 1. The number of thiazole rings is 1. The summed E-state index contributed by atoms with van der Waals surface area (Å²) in [6.45, 7) is 3.93. The molecule has 2 heterocycles. The van der Waals surface area contributed by atoms with Crippen molar-refractivity contribution in [3.8, 4) is 5.75 Å². The van der Waals surface area contributed by atoms with E-state index in [0.717, 1.165) is 31.1 Å². The minimum atomic E-state index is -0.440. The summed E-state index contributed by atoms with van der Waals surface area (Å²) in [5.41, 5.74) is 6.70. The molecule has 0 bridgehead atoms. The third-order valence-corrected chi connectivity index (χ3v) is 5.09. The van der Waals surface area contributed by atoms with E-state index in [1.165, 1.54) is 0 Å². The molecule has 0 fully saturated rings. The van der Waals surface area contributed by atoms with Gasteiger partial charge in [0, 0.05) is 11.5 Å². The number of benzene rings is 1. The maximum atomic E-state index is 8.84. The molecular formula is C14H15N3O2S2. The third kappa shape index (κ3) is 2.43. The smallest absolute Gasteiger partial charge is 0.180 e. The average Bonchev–Trinajstić information content (AvgIpc) is 3.08. The van der Waals surface area contributed by atoms with Gasteiger partial charge in [-0.25, -0.2) is 4.98 Å². The minimum absolute atomic E-state index is 0.0847. The summed E-state index contributed by atoms with van der Waals surface area (Å²) in [5, 5.41) is 16.0. The fourth-order valence-electron chi connectivity index (χ4n) is 2.25. The molecule has 3 N–H and O–H groups in total. The predicted molar refractivity (Wildman–Crippen MR) is 87.9 cm³/mol. The van der Waals surface area contributed by atoms with E-state index in [4.69, 9.17) is 15.7 Å². The quantitative estimate of drug-likeness (QED) is 0.332. The molecule has 21 heavy (non-hydrogen) atoms. The van der Waals surface area contributed by atoms with Crippen molar-refractivity contribution in [2.75, 3.05) is 0 Å². The first-order chi connectivity index (χ1) is 10.1. The highest BCUT2D eigenvalue weighted by Gasteiger charge is 2.18. The van der Waals surface area contributed by atoms with Crippen LogP contribution in [0.4, 0.5) is 0 Å². The second-order valence-corrected chi connectivity index (χ2v) is 6.81. The van der Waals surface area contributed by atoms with Crippen LogP contribution in [0.5, 0.6) is 5.75 Å². The Morgan fingerprint density at radius 2 is 2.38 bits per heavy atom. The van der Waals surface area contributed by atoms with Gasteiger partial charge in [0.25, 0.3) is 0 Å². The Labute approximate surface area is 129 Å². The van der Waals surface area contributed by atoms with Crippen molar-refractivity contribution in [1.29, 1.82) is 0 Å². The Hall–Kier alpha value is -1.86. The molecule has 3 rings (SSSR count). The topological polar surface area (TPSA) is 80.7 Å². The van der Waals surface area contributed by atoms with Crippen LogP contribution >= 0.6 is 22.7 Å². The van der Waals surface area contributed by atoms with E-state index in [9.17, 15) is 0 Å². The van der Waals surface area contributed by atoms with Crippen molar-refractivity contribution in [3.63, 3.8) is 0 Å². The van der Waals surface area contributed by atoms with Gasteiger partial charge < -0.3 is 15.7 Å². The van der Waals surface area contributed by atoms with E-state index >= 15 is 0 Å². The highest BCUT2D eigenvalue weighted by molar-refractivity contribution is 7.21. The van der Waals surface area contributed by atoms with Gasteiger partial charge >= 0.3 is 0 Å². The first-order valence-corrected chi connectivity index (χ1v) is 8.25. The van der Waals surface area contributed by atoms with Gasteiger partial charge in [-0.2, -0.15) is 0 Å². The fraction of sp³-hybridized carbons (Fsp3) is 0.286. The minimum Gasteiger partial charge on any atom is -0.482 e. The van der Waals surface area contributed by atoms with Gasteiger partial charge in [0.05, 0.1) is 19.9 Å². The summed E-state index contributed by atoms with van der Waals surface area (Å²) in [7, 11) is 0. The molecule has 0 aliphatic heterocycles. The van der Waals surface area contributed by atoms with Gasteiger partial charge in [-0.1, -0.05) is 12.1 Å². The molecule has 3 aromatic rings. The van der Waals surface area contributed by atoms with Crippen LogP contribution in [0.2, 0.25) is 0 Å². The summed E-state index contributed by atoms with van der Waals surface area (Å²) in [5.74, 6) is 0.835. The maximum absolute atomic E-state index is 8.84. The van der Waals surface area contributed by atoms with Gasteiger partial charge in [-0.15, -0.1) is 22.7 Å². The second kappa shape index (κ2) is 5.50. The van der Waals surface area contributed by atoms with Gasteiger partial charge in [-0.05, 0) is 24.8 Å². The molecule has 0 saturated carbocycles. The van der Waals surface area contributed by atoms with Crippen LogP contribution in [0.15, 0.2) is 22.7 Å². The molecule has 2 aromatic heterocycles. The van der Waals surface area contributed by atoms with E-state index < -0.39 is 6.10 Å². The summed E-state index contributed by atoms with van der Waals surface area (Å²) in [4.78, 5) is 4.59. The predicted octanol–water partition coefficient (Wildman–Crippen LogP) is 3.72. The van der Waals surface area contributed by atoms with Crippen molar-refractivity contribution in [1.82, 2.24) is 4.98 Å². The summed E-state index contributed by atoms with van der Waals surface area (Å²) < 4.78 is 8.18. The van der Waals surface area contributed by atoms with E-state index in [1.807, 2.05) is 31.4 Å². The lowest BCUT2D eigenvalue weighted by Crippen LogP contribution is -2.33. The number of nitrogens with two attached hydrogens (primary N) is 1. The standard InChI is InChI=1S/C14H15N3O2S2/c1-3-9(14(15)17-18)19-10-6-11-12(16-7(2)21-11)13-8(10)4-5-20-13/h4-6,9,18H,3H2,1-2H3,(H2,15,17). The third-order valence-electron chi connectivity index (χ3n) is 3.25. The summed E-state index contributed by atoms with van der Waals surface area (Å²) in [6.07, 6.45) is 0.186. The van der Waals surface area contributed by atoms with Crippen LogP contribution in [0, 0.1) is 6.92 Å². The number of rotatable bonds is 4. The molecule has 5 nitrogen and oxygen atoms in total. The molecular weight excluding hydrogens is 306 g/mol. The number of nitrogens with zero attached hydrogens (tertiary/aromatic N) is 2. The van der Waals surface area contributed by atoms with Gasteiger partial charge in [0.2, 0.25) is 0 Å². The maximum Gasteiger partial charge on any atom is 0.180 e. The SMILES string of the molecule is CCC(Oc1cc2sc(C)nc2c2sccc12)C(N)=NO. The monoisotopic (exact) mass is 321 g/mol. The molecule has 0 aliphatic rings. The van der Waals surface area contributed by atoms with E-state index in [2.05, 4.69) is 10.1 Å². The summed E-state index contributed by atoms with van der Waals surface area (Å²) >= 11 is 3.28. The number of aryl methyl sites for hydroxylation is 1.